The SMILES string of the molecule is Cc1nn(C)c(C)c1CC(=O)Nc1nc(CN2CC(C)OC(C)C2)cs1. The molecule has 26 heavy (non-hydrogen) atoms. The van der Waals surface area contributed by atoms with Crippen molar-refractivity contribution in [2.75, 3.05) is 18.4 Å². The van der Waals surface area contributed by atoms with Gasteiger partial charge in [-0.25, -0.2) is 4.98 Å². The lowest BCUT2D eigenvalue weighted by Crippen LogP contribution is -2.44. The van der Waals surface area contributed by atoms with Crippen molar-refractivity contribution in [3.05, 3.63) is 28.0 Å². The molecule has 2 unspecified atom stereocenters. The molecular weight excluding hydrogens is 350 g/mol. The molecule has 1 aliphatic heterocycles. The lowest BCUT2D eigenvalue weighted by molar-refractivity contribution is -0.115. The van der Waals surface area contributed by atoms with E-state index in [0.717, 1.165) is 42.3 Å². The highest BCUT2D eigenvalue weighted by atomic mass is 32.1. The number of anilines is 1. The summed E-state index contributed by atoms with van der Waals surface area (Å²) in [6.45, 7) is 10.7. The van der Waals surface area contributed by atoms with E-state index in [2.05, 4.69) is 34.1 Å². The quantitative estimate of drug-likeness (QED) is 0.865. The van der Waals surface area contributed by atoms with Crippen molar-refractivity contribution in [2.45, 2.75) is 52.9 Å². The largest absolute Gasteiger partial charge is 0.373 e. The van der Waals surface area contributed by atoms with Crippen LogP contribution in [0.5, 0.6) is 0 Å². The van der Waals surface area contributed by atoms with Gasteiger partial charge in [0.25, 0.3) is 0 Å². The maximum absolute atomic E-state index is 12.4. The first kappa shape index (κ1) is 19.0. The van der Waals surface area contributed by atoms with Gasteiger partial charge in [-0.05, 0) is 27.7 Å². The van der Waals surface area contributed by atoms with Crippen LogP contribution in [0.4, 0.5) is 5.13 Å². The zero-order chi connectivity index (χ0) is 18.8. The average molecular weight is 378 g/mol. The summed E-state index contributed by atoms with van der Waals surface area (Å²) in [5.41, 5.74) is 3.89. The van der Waals surface area contributed by atoms with Crippen LogP contribution in [0, 0.1) is 13.8 Å². The standard InChI is InChI=1S/C18H27N5O2S/c1-11-7-23(8-12(2)25-11)9-15-10-26-18(19-15)20-17(24)6-16-13(3)21-22(5)14(16)4/h10-12H,6-9H2,1-5H3,(H,19,20,24). The van der Waals surface area contributed by atoms with Gasteiger partial charge in [0.05, 0.1) is 30.0 Å². The van der Waals surface area contributed by atoms with Crippen molar-refractivity contribution in [1.29, 1.82) is 0 Å². The van der Waals surface area contributed by atoms with E-state index in [4.69, 9.17) is 4.74 Å². The van der Waals surface area contributed by atoms with Crippen LogP contribution in [-0.4, -0.2) is 50.9 Å². The third-order valence-corrected chi connectivity index (χ3v) is 5.48. The van der Waals surface area contributed by atoms with Gasteiger partial charge in [0.2, 0.25) is 5.91 Å². The number of morpholine rings is 1. The van der Waals surface area contributed by atoms with Crippen molar-refractivity contribution in [3.63, 3.8) is 0 Å². The van der Waals surface area contributed by atoms with Crippen LogP contribution in [0.2, 0.25) is 0 Å². The third-order valence-electron chi connectivity index (χ3n) is 4.68. The van der Waals surface area contributed by atoms with Crippen molar-refractivity contribution >= 4 is 22.4 Å². The van der Waals surface area contributed by atoms with E-state index < -0.39 is 0 Å². The number of ether oxygens (including phenoxy) is 1. The van der Waals surface area contributed by atoms with Crippen molar-refractivity contribution in [2.24, 2.45) is 7.05 Å². The van der Waals surface area contributed by atoms with E-state index in [9.17, 15) is 4.79 Å². The Kier molecular flexibility index (Phi) is 5.74. The van der Waals surface area contributed by atoms with Gasteiger partial charge in [-0.2, -0.15) is 5.10 Å². The summed E-state index contributed by atoms with van der Waals surface area (Å²) >= 11 is 1.47. The number of carbonyl (C=O) groups is 1. The van der Waals surface area contributed by atoms with E-state index in [1.165, 1.54) is 11.3 Å². The number of aromatic nitrogens is 3. The van der Waals surface area contributed by atoms with Crippen molar-refractivity contribution in [3.8, 4) is 0 Å². The first-order chi connectivity index (χ1) is 12.3. The normalized spacial score (nSPS) is 21.1. The first-order valence-corrected chi connectivity index (χ1v) is 9.81. The summed E-state index contributed by atoms with van der Waals surface area (Å²) in [5, 5.41) is 9.94. The van der Waals surface area contributed by atoms with Gasteiger partial charge >= 0.3 is 0 Å². The summed E-state index contributed by atoms with van der Waals surface area (Å²) in [7, 11) is 1.89. The number of hydrogen-bond acceptors (Lipinski definition) is 6. The molecule has 0 spiro atoms. The van der Waals surface area contributed by atoms with Gasteiger partial charge in [0.1, 0.15) is 0 Å². The average Bonchev–Trinajstić information content (AvgIpc) is 3.06. The van der Waals surface area contributed by atoms with E-state index in [0.29, 0.717) is 11.6 Å². The molecule has 7 nitrogen and oxygen atoms in total. The smallest absolute Gasteiger partial charge is 0.230 e. The highest BCUT2D eigenvalue weighted by molar-refractivity contribution is 7.13. The lowest BCUT2D eigenvalue weighted by Gasteiger charge is -2.34. The Balaban J connectivity index is 1.57. The molecule has 1 amide bonds. The second-order valence-electron chi connectivity index (χ2n) is 7.09. The molecule has 2 aromatic rings. The van der Waals surface area contributed by atoms with E-state index in [1.807, 2.05) is 31.0 Å². The molecule has 2 aromatic heterocycles. The Labute approximate surface area is 158 Å². The van der Waals surface area contributed by atoms with Crippen LogP contribution in [0.15, 0.2) is 5.38 Å². The summed E-state index contributed by atoms with van der Waals surface area (Å²) in [6.07, 6.45) is 0.795. The molecular formula is C18H27N5O2S. The van der Waals surface area contributed by atoms with E-state index in [1.54, 1.807) is 0 Å². The number of thiazole rings is 1. The Bertz CT molecular complexity index is 775. The van der Waals surface area contributed by atoms with Gasteiger partial charge in [0, 0.05) is 43.3 Å². The molecule has 1 fully saturated rings. The van der Waals surface area contributed by atoms with Gasteiger partial charge in [-0.15, -0.1) is 11.3 Å². The maximum atomic E-state index is 12.4. The van der Waals surface area contributed by atoms with E-state index in [-0.39, 0.29) is 18.1 Å². The predicted molar refractivity (Wildman–Crippen MR) is 102 cm³/mol. The van der Waals surface area contributed by atoms with Gasteiger partial charge in [0.15, 0.2) is 5.13 Å². The fourth-order valence-electron chi connectivity index (χ4n) is 3.48. The molecule has 1 saturated heterocycles. The number of amides is 1. The third kappa shape index (κ3) is 4.49. The number of aryl methyl sites for hydroxylation is 2. The zero-order valence-corrected chi connectivity index (χ0v) is 16.9. The molecule has 1 N–H and O–H groups in total. The molecule has 8 heteroatoms. The van der Waals surface area contributed by atoms with Crippen LogP contribution >= 0.6 is 11.3 Å². The molecule has 0 saturated carbocycles. The highest BCUT2D eigenvalue weighted by Gasteiger charge is 2.23. The number of hydrogen-bond donors (Lipinski definition) is 1. The molecule has 1 aliphatic rings. The predicted octanol–water partition coefficient (Wildman–Crippen LogP) is 2.28. The minimum atomic E-state index is -0.0567. The summed E-state index contributed by atoms with van der Waals surface area (Å²) in [4.78, 5) is 19.3. The molecule has 2 atom stereocenters. The number of nitrogens with zero attached hydrogens (tertiary/aromatic N) is 4. The Morgan fingerprint density at radius 2 is 2.04 bits per heavy atom. The molecule has 0 aliphatic carbocycles. The second-order valence-corrected chi connectivity index (χ2v) is 7.95. The fourth-order valence-corrected chi connectivity index (χ4v) is 4.19. The molecule has 142 valence electrons. The van der Waals surface area contributed by atoms with Crippen molar-refractivity contribution < 1.29 is 9.53 Å². The van der Waals surface area contributed by atoms with Crippen LogP contribution in [-0.2, 0) is 29.5 Å². The van der Waals surface area contributed by atoms with Gasteiger partial charge in [-0.3, -0.25) is 14.4 Å². The summed E-state index contributed by atoms with van der Waals surface area (Å²) in [6, 6.07) is 0. The number of nitrogens with one attached hydrogen (secondary N) is 1. The van der Waals surface area contributed by atoms with Crippen LogP contribution in [0.25, 0.3) is 0 Å². The monoisotopic (exact) mass is 377 g/mol. The highest BCUT2D eigenvalue weighted by Crippen LogP contribution is 2.20. The fraction of sp³-hybridized carbons (Fsp3) is 0.611. The van der Waals surface area contributed by atoms with Crippen LogP contribution in [0.3, 0.4) is 0 Å². The Hall–Kier alpha value is -1.77. The first-order valence-electron chi connectivity index (χ1n) is 8.93. The molecule has 0 aromatic carbocycles. The molecule has 3 rings (SSSR count). The minimum Gasteiger partial charge on any atom is -0.373 e. The lowest BCUT2D eigenvalue weighted by atomic mass is 10.1. The van der Waals surface area contributed by atoms with Crippen LogP contribution in [0.1, 0.15) is 36.5 Å². The Morgan fingerprint density at radius 3 is 2.65 bits per heavy atom. The zero-order valence-electron chi connectivity index (χ0n) is 16.1. The number of carbonyl (C=O) groups excluding carboxylic acids is 1. The minimum absolute atomic E-state index is 0.0567. The van der Waals surface area contributed by atoms with Gasteiger partial charge < -0.3 is 10.1 Å². The molecule has 0 radical (unpaired) electrons. The van der Waals surface area contributed by atoms with E-state index >= 15 is 0 Å². The maximum Gasteiger partial charge on any atom is 0.230 e. The Morgan fingerprint density at radius 1 is 1.35 bits per heavy atom. The van der Waals surface area contributed by atoms with Crippen molar-refractivity contribution in [1.82, 2.24) is 19.7 Å². The molecule has 3 heterocycles. The second kappa shape index (κ2) is 7.85. The number of rotatable bonds is 5. The summed E-state index contributed by atoms with van der Waals surface area (Å²) < 4.78 is 7.58. The topological polar surface area (TPSA) is 72.3 Å². The van der Waals surface area contributed by atoms with Crippen LogP contribution < -0.4 is 5.32 Å². The molecule has 0 bridgehead atoms. The van der Waals surface area contributed by atoms with Gasteiger partial charge in [-0.1, -0.05) is 0 Å². The summed E-state index contributed by atoms with van der Waals surface area (Å²) in [5.74, 6) is -0.0567.